The maximum absolute atomic E-state index is 11.0. The summed E-state index contributed by atoms with van der Waals surface area (Å²) in [7, 11) is 0. The molecule has 1 aromatic heterocycles. The first-order valence-corrected chi connectivity index (χ1v) is 4.34. The van der Waals surface area contributed by atoms with E-state index in [2.05, 4.69) is 20.9 Å². The molecule has 0 spiro atoms. The number of pyridine rings is 1. The fourth-order valence-corrected chi connectivity index (χ4v) is 1.52. The third kappa shape index (κ3) is 1.34. The molecule has 62 valence electrons. The molecule has 0 saturated heterocycles. The average molecular weight is 228 g/mol. The zero-order chi connectivity index (χ0) is 8.55. The number of ketones is 1. The number of hydrogen-bond acceptors (Lipinski definition) is 3. The first-order valence-electron chi connectivity index (χ1n) is 3.54. The van der Waals surface area contributed by atoms with Crippen LogP contribution < -0.4 is 4.74 Å². The number of rotatable bonds is 0. The molecular weight excluding hydrogens is 222 g/mol. The normalized spacial score (nSPS) is 15.2. The lowest BCUT2D eigenvalue weighted by Crippen LogP contribution is -2.20. The maximum Gasteiger partial charge on any atom is 0.174 e. The van der Waals surface area contributed by atoms with Gasteiger partial charge in [0.15, 0.2) is 5.78 Å². The van der Waals surface area contributed by atoms with E-state index in [1.54, 1.807) is 6.20 Å². The second kappa shape index (κ2) is 2.86. The van der Waals surface area contributed by atoms with Gasteiger partial charge in [0.2, 0.25) is 0 Å². The molecule has 3 nitrogen and oxygen atoms in total. The molecule has 1 aliphatic heterocycles. The van der Waals surface area contributed by atoms with Crippen LogP contribution in [0.15, 0.2) is 16.9 Å². The minimum Gasteiger partial charge on any atom is -0.484 e. The highest BCUT2D eigenvalue weighted by Gasteiger charge is 2.16. The topological polar surface area (TPSA) is 39.2 Å². The van der Waals surface area contributed by atoms with Gasteiger partial charge in [-0.25, -0.2) is 4.98 Å². The summed E-state index contributed by atoms with van der Waals surface area (Å²) in [5.41, 5.74) is 0.910. The molecule has 0 saturated carbocycles. The van der Waals surface area contributed by atoms with Crippen LogP contribution in [0.2, 0.25) is 0 Å². The summed E-state index contributed by atoms with van der Waals surface area (Å²) in [6.07, 6.45) is 2.09. The fraction of sp³-hybridized carbons (Fsp3) is 0.250. The lowest BCUT2D eigenvalue weighted by atomic mass is 10.1. The summed E-state index contributed by atoms with van der Waals surface area (Å²) in [5.74, 6) is 0.832. The van der Waals surface area contributed by atoms with Gasteiger partial charge in [0.05, 0.1) is 6.20 Å². The lowest BCUT2D eigenvalue weighted by Gasteiger charge is -2.15. The molecule has 1 aromatic rings. The molecule has 0 amide bonds. The van der Waals surface area contributed by atoms with Crippen LogP contribution in [-0.2, 0) is 11.2 Å². The van der Waals surface area contributed by atoms with Gasteiger partial charge in [0.1, 0.15) is 17.0 Å². The van der Waals surface area contributed by atoms with E-state index in [0.717, 1.165) is 15.9 Å². The van der Waals surface area contributed by atoms with Crippen molar-refractivity contribution in [3.05, 3.63) is 22.4 Å². The van der Waals surface area contributed by atoms with Gasteiger partial charge >= 0.3 is 0 Å². The van der Waals surface area contributed by atoms with Crippen molar-refractivity contribution in [2.75, 3.05) is 6.61 Å². The van der Waals surface area contributed by atoms with E-state index in [9.17, 15) is 4.79 Å². The largest absolute Gasteiger partial charge is 0.484 e. The number of aromatic nitrogens is 1. The number of hydrogen-bond donors (Lipinski definition) is 0. The second-order valence-electron chi connectivity index (χ2n) is 2.62. The minimum absolute atomic E-state index is 0.112. The zero-order valence-corrected chi connectivity index (χ0v) is 7.80. The number of nitrogens with zero attached hydrogens (tertiary/aromatic N) is 1. The number of fused-ring (bicyclic) bond motifs is 1. The summed E-state index contributed by atoms with van der Waals surface area (Å²) < 4.78 is 5.89. The summed E-state index contributed by atoms with van der Waals surface area (Å²) in [6.45, 7) is 0.177. The monoisotopic (exact) mass is 227 g/mol. The Morgan fingerprint density at radius 1 is 1.58 bits per heavy atom. The third-order valence-electron chi connectivity index (χ3n) is 1.69. The Morgan fingerprint density at radius 3 is 3.25 bits per heavy atom. The van der Waals surface area contributed by atoms with Gasteiger partial charge in [0.25, 0.3) is 0 Å². The van der Waals surface area contributed by atoms with Crippen molar-refractivity contribution < 1.29 is 9.53 Å². The van der Waals surface area contributed by atoms with Crippen LogP contribution in [-0.4, -0.2) is 17.4 Å². The van der Waals surface area contributed by atoms with Gasteiger partial charge in [0, 0.05) is 12.0 Å². The second-order valence-corrected chi connectivity index (χ2v) is 3.43. The summed E-state index contributed by atoms with van der Waals surface area (Å²) in [4.78, 5) is 15.0. The van der Waals surface area contributed by atoms with E-state index in [1.165, 1.54) is 0 Å². The molecule has 12 heavy (non-hydrogen) atoms. The molecule has 0 bridgehead atoms. The molecule has 0 atom stereocenters. The van der Waals surface area contributed by atoms with Crippen LogP contribution in [0.5, 0.6) is 5.75 Å². The van der Waals surface area contributed by atoms with Crippen molar-refractivity contribution in [2.24, 2.45) is 0 Å². The van der Waals surface area contributed by atoms with Gasteiger partial charge in [-0.1, -0.05) is 0 Å². The quantitative estimate of drug-likeness (QED) is 0.629. The van der Waals surface area contributed by atoms with Crippen LogP contribution in [0.25, 0.3) is 0 Å². The Kier molecular flexibility index (Phi) is 1.84. The number of halogens is 1. The molecule has 0 fully saturated rings. The molecule has 0 aromatic carbocycles. The van der Waals surface area contributed by atoms with E-state index < -0.39 is 0 Å². The number of carbonyl (C=O) groups is 1. The average Bonchev–Trinajstić information content (AvgIpc) is 2.03. The van der Waals surface area contributed by atoms with Gasteiger partial charge in [-0.3, -0.25) is 4.79 Å². The van der Waals surface area contributed by atoms with E-state index in [1.807, 2.05) is 6.07 Å². The van der Waals surface area contributed by atoms with Crippen molar-refractivity contribution >= 4 is 21.7 Å². The van der Waals surface area contributed by atoms with Gasteiger partial charge in [-0.2, -0.15) is 0 Å². The zero-order valence-electron chi connectivity index (χ0n) is 6.21. The molecule has 0 radical (unpaired) electrons. The SMILES string of the molecule is O=C1COc2cnc(Br)cc2C1. The van der Waals surface area contributed by atoms with E-state index >= 15 is 0 Å². The molecular formula is C8H6BrNO2. The van der Waals surface area contributed by atoms with Crippen LogP contribution in [0, 0.1) is 0 Å². The maximum atomic E-state index is 11.0. The van der Waals surface area contributed by atoms with Gasteiger partial charge in [-0.15, -0.1) is 0 Å². The summed E-state index contributed by atoms with van der Waals surface area (Å²) in [6, 6.07) is 1.81. The van der Waals surface area contributed by atoms with E-state index in [-0.39, 0.29) is 12.4 Å². The smallest absolute Gasteiger partial charge is 0.174 e. The number of carbonyl (C=O) groups excluding carboxylic acids is 1. The molecule has 0 unspecified atom stereocenters. The Bertz CT molecular complexity index is 338. The van der Waals surface area contributed by atoms with Crippen LogP contribution >= 0.6 is 15.9 Å². The number of ether oxygens (including phenoxy) is 1. The highest BCUT2D eigenvalue weighted by Crippen LogP contribution is 2.24. The first kappa shape index (κ1) is 7.73. The molecule has 0 N–H and O–H groups in total. The van der Waals surface area contributed by atoms with Gasteiger partial charge in [-0.05, 0) is 22.0 Å². The van der Waals surface area contributed by atoms with Crippen LogP contribution in [0.3, 0.4) is 0 Å². The molecule has 0 aliphatic carbocycles. The van der Waals surface area contributed by atoms with Crippen molar-refractivity contribution in [2.45, 2.75) is 6.42 Å². The molecule has 2 rings (SSSR count). The van der Waals surface area contributed by atoms with E-state index in [0.29, 0.717) is 6.42 Å². The minimum atomic E-state index is 0.112. The number of Topliss-reactive ketones (excluding diaryl/α,β-unsaturated/α-hetero) is 1. The third-order valence-corrected chi connectivity index (χ3v) is 2.12. The predicted molar refractivity (Wildman–Crippen MR) is 46.1 cm³/mol. The molecule has 1 aliphatic rings. The lowest BCUT2D eigenvalue weighted by molar-refractivity contribution is -0.121. The Hall–Kier alpha value is -0.900. The van der Waals surface area contributed by atoms with Crippen molar-refractivity contribution in [1.29, 1.82) is 0 Å². The predicted octanol–water partition coefficient (Wildman–Crippen LogP) is 1.35. The fourth-order valence-electron chi connectivity index (χ4n) is 1.15. The molecule has 4 heteroatoms. The van der Waals surface area contributed by atoms with Gasteiger partial charge < -0.3 is 4.74 Å². The standard InChI is InChI=1S/C8H6BrNO2/c9-8-2-5-1-6(11)4-12-7(5)3-10-8/h2-3H,1,4H2. The summed E-state index contributed by atoms with van der Waals surface area (Å²) >= 11 is 3.23. The Labute approximate surface area is 77.9 Å². The highest BCUT2D eigenvalue weighted by atomic mass is 79.9. The van der Waals surface area contributed by atoms with Crippen LogP contribution in [0.4, 0.5) is 0 Å². The first-order chi connectivity index (χ1) is 5.75. The highest BCUT2D eigenvalue weighted by molar-refractivity contribution is 9.10. The van der Waals surface area contributed by atoms with E-state index in [4.69, 9.17) is 4.74 Å². The molecule has 2 heterocycles. The van der Waals surface area contributed by atoms with Crippen molar-refractivity contribution in [1.82, 2.24) is 4.98 Å². The Morgan fingerprint density at radius 2 is 2.42 bits per heavy atom. The van der Waals surface area contributed by atoms with Crippen LogP contribution in [0.1, 0.15) is 5.56 Å². The van der Waals surface area contributed by atoms with Crippen molar-refractivity contribution in [3.8, 4) is 5.75 Å². The summed E-state index contributed by atoms with van der Waals surface area (Å²) in [5, 5.41) is 0. The Balaban J connectivity index is 2.44. The van der Waals surface area contributed by atoms with Crippen molar-refractivity contribution in [3.63, 3.8) is 0 Å².